The van der Waals surface area contributed by atoms with E-state index in [4.69, 9.17) is 4.74 Å². The van der Waals surface area contributed by atoms with Crippen LogP contribution in [0.2, 0.25) is 0 Å². The molecule has 20 heavy (non-hydrogen) atoms. The van der Waals surface area contributed by atoms with Gasteiger partial charge in [-0.3, -0.25) is 9.78 Å². The van der Waals surface area contributed by atoms with Gasteiger partial charge in [-0.25, -0.2) is 0 Å². The molecule has 0 unspecified atom stereocenters. The smallest absolute Gasteiger partial charge is 0.257 e. The van der Waals surface area contributed by atoms with Gasteiger partial charge < -0.3 is 15.4 Å². The number of pyridine rings is 1. The minimum atomic E-state index is -0.106. The molecular weight excluding hydrogens is 254 g/mol. The predicted molar refractivity (Wildman–Crippen MR) is 79.6 cm³/mol. The van der Waals surface area contributed by atoms with Crippen LogP contribution in [0.3, 0.4) is 0 Å². The minimum absolute atomic E-state index is 0.0290. The Bertz CT molecular complexity index is 410. The molecule has 0 fully saturated rings. The molecule has 0 aliphatic carbocycles. The quantitative estimate of drug-likeness (QED) is 0.800. The molecule has 0 saturated heterocycles. The van der Waals surface area contributed by atoms with Crippen molar-refractivity contribution in [2.24, 2.45) is 0 Å². The third kappa shape index (κ3) is 7.09. The zero-order chi connectivity index (χ0) is 15.0. The normalized spacial score (nSPS) is 11.2. The van der Waals surface area contributed by atoms with Crippen LogP contribution in [0.15, 0.2) is 18.3 Å². The number of rotatable bonds is 7. The van der Waals surface area contributed by atoms with E-state index in [1.807, 2.05) is 19.1 Å². The van der Waals surface area contributed by atoms with E-state index in [0.717, 1.165) is 12.1 Å². The molecule has 0 aromatic carbocycles. The number of aromatic nitrogens is 1. The Balaban J connectivity index is 2.37. The second-order valence-electron chi connectivity index (χ2n) is 5.73. The van der Waals surface area contributed by atoms with Gasteiger partial charge in [-0.2, -0.15) is 0 Å². The van der Waals surface area contributed by atoms with Crippen molar-refractivity contribution in [2.45, 2.75) is 46.2 Å². The van der Waals surface area contributed by atoms with E-state index >= 15 is 0 Å². The molecule has 0 bridgehead atoms. The Hall–Kier alpha value is -1.62. The Morgan fingerprint density at radius 2 is 2.10 bits per heavy atom. The van der Waals surface area contributed by atoms with Crippen molar-refractivity contribution in [3.63, 3.8) is 0 Å². The third-order valence-electron chi connectivity index (χ3n) is 2.54. The largest absolute Gasteiger partial charge is 0.482 e. The van der Waals surface area contributed by atoms with Crippen LogP contribution in [-0.2, 0) is 11.3 Å². The van der Waals surface area contributed by atoms with Crippen molar-refractivity contribution in [1.29, 1.82) is 0 Å². The average Bonchev–Trinajstić information content (AvgIpc) is 2.41. The van der Waals surface area contributed by atoms with Gasteiger partial charge in [0.05, 0.1) is 11.9 Å². The second kappa shape index (κ2) is 7.85. The molecule has 112 valence electrons. The predicted octanol–water partition coefficient (Wildman–Crippen LogP) is 1.87. The lowest BCUT2D eigenvalue weighted by atomic mass is 10.1. The highest BCUT2D eigenvalue weighted by atomic mass is 16.5. The summed E-state index contributed by atoms with van der Waals surface area (Å²) >= 11 is 0. The zero-order valence-corrected chi connectivity index (χ0v) is 12.8. The number of hydrogen-bond acceptors (Lipinski definition) is 4. The lowest BCUT2D eigenvalue weighted by Gasteiger charge is -2.20. The van der Waals surface area contributed by atoms with Crippen LogP contribution in [-0.4, -0.2) is 29.6 Å². The van der Waals surface area contributed by atoms with Gasteiger partial charge in [-0.05, 0) is 39.3 Å². The maximum absolute atomic E-state index is 11.4. The Labute approximate surface area is 121 Å². The highest BCUT2D eigenvalue weighted by molar-refractivity contribution is 5.77. The van der Waals surface area contributed by atoms with Gasteiger partial charge in [0.25, 0.3) is 5.91 Å². The maximum Gasteiger partial charge on any atom is 0.257 e. The van der Waals surface area contributed by atoms with E-state index in [9.17, 15) is 4.79 Å². The summed E-state index contributed by atoms with van der Waals surface area (Å²) in [5.74, 6) is 0.501. The van der Waals surface area contributed by atoms with Crippen molar-refractivity contribution in [3.8, 4) is 5.75 Å². The van der Waals surface area contributed by atoms with Gasteiger partial charge in [0.2, 0.25) is 0 Å². The van der Waals surface area contributed by atoms with Gasteiger partial charge in [-0.15, -0.1) is 0 Å². The summed E-state index contributed by atoms with van der Waals surface area (Å²) in [5, 5.41) is 6.12. The van der Waals surface area contributed by atoms with E-state index in [0.29, 0.717) is 18.8 Å². The van der Waals surface area contributed by atoms with E-state index in [2.05, 4.69) is 36.4 Å². The van der Waals surface area contributed by atoms with E-state index in [-0.39, 0.29) is 18.1 Å². The van der Waals surface area contributed by atoms with Gasteiger partial charge in [0.1, 0.15) is 5.75 Å². The highest BCUT2D eigenvalue weighted by Crippen LogP contribution is 2.10. The van der Waals surface area contributed by atoms with Crippen molar-refractivity contribution in [3.05, 3.63) is 24.0 Å². The summed E-state index contributed by atoms with van der Waals surface area (Å²) < 4.78 is 5.37. The molecule has 5 nitrogen and oxygen atoms in total. The third-order valence-corrected chi connectivity index (χ3v) is 2.54. The van der Waals surface area contributed by atoms with Crippen LogP contribution in [0.4, 0.5) is 0 Å². The highest BCUT2D eigenvalue weighted by Gasteiger charge is 2.09. The van der Waals surface area contributed by atoms with Gasteiger partial charge in [0.15, 0.2) is 6.61 Å². The number of ether oxygens (including phenoxy) is 1. The molecule has 1 aromatic heterocycles. The summed E-state index contributed by atoms with van der Waals surface area (Å²) in [7, 11) is 0. The van der Waals surface area contributed by atoms with Gasteiger partial charge >= 0.3 is 0 Å². The molecular formula is C15H25N3O2. The van der Waals surface area contributed by atoms with Gasteiger partial charge in [-0.1, -0.05) is 6.92 Å². The first-order valence-corrected chi connectivity index (χ1v) is 7.00. The fourth-order valence-electron chi connectivity index (χ4n) is 1.42. The lowest BCUT2D eigenvalue weighted by molar-refractivity contribution is -0.123. The first kappa shape index (κ1) is 16.4. The molecule has 5 heteroatoms. The summed E-state index contributed by atoms with van der Waals surface area (Å²) in [4.78, 5) is 15.7. The van der Waals surface area contributed by atoms with Crippen LogP contribution in [0, 0.1) is 0 Å². The molecule has 2 N–H and O–H groups in total. The molecule has 0 radical (unpaired) electrons. The molecule has 0 saturated carbocycles. The second-order valence-corrected chi connectivity index (χ2v) is 5.73. The fourth-order valence-corrected chi connectivity index (χ4v) is 1.42. The van der Waals surface area contributed by atoms with Crippen LogP contribution in [0.5, 0.6) is 5.75 Å². The molecule has 0 atom stereocenters. The number of amides is 1. The molecule has 0 spiro atoms. The summed E-state index contributed by atoms with van der Waals surface area (Å²) in [6, 6.07) is 3.73. The summed E-state index contributed by atoms with van der Waals surface area (Å²) in [6.07, 6.45) is 2.57. The SMILES string of the molecule is CCCNC(=O)COc1ccc(CNC(C)(C)C)nc1. The topological polar surface area (TPSA) is 63.2 Å². The van der Waals surface area contributed by atoms with E-state index < -0.39 is 0 Å². The molecule has 1 rings (SSSR count). The summed E-state index contributed by atoms with van der Waals surface area (Å²) in [6.45, 7) is 9.76. The van der Waals surface area contributed by atoms with Crippen LogP contribution in [0.25, 0.3) is 0 Å². The Kier molecular flexibility index (Phi) is 6.45. The molecule has 1 amide bonds. The first-order valence-electron chi connectivity index (χ1n) is 7.00. The zero-order valence-electron chi connectivity index (χ0n) is 12.8. The van der Waals surface area contributed by atoms with Crippen molar-refractivity contribution >= 4 is 5.91 Å². The van der Waals surface area contributed by atoms with Crippen LogP contribution < -0.4 is 15.4 Å². The molecule has 1 aromatic rings. The number of hydrogen-bond donors (Lipinski definition) is 2. The van der Waals surface area contributed by atoms with Gasteiger partial charge in [0, 0.05) is 18.6 Å². The van der Waals surface area contributed by atoms with E-state index in [1.165, 1.54) is 0 Å². The lowest BCUT2D eigenvalue weighted by Crippen LogP contribution is -2.35. The number of nitrogens with one attached hydrogen (secondary N) is 2. The fraction of sp³-hybridized carbons (Fsp3) is 0.600. The number of carbonyl (C=O) groups excluding carboxylic acids is 1. The monoisotopic (exact) mass is 279 g/mol. The number of nitrogens with zero attached hydrogens (tertiary/aromatic N) is 1. The average molecular weight is 279 g/mol. The molecule has 0 aliphatic rings. The maximum atomic E-state index is 11.4. The minimum Gasteiger partial charge on any atom is -0.482 e. The summed E-state index contributed by atoms with van der Waals surface area (Å²) in [5.41, 5.74) is 1.01. The Morgan fingerprint density at radius 1 is 1.35 bits per heavy atom. The number of carbonyl (C=O) groups is 1. The van der Waals surface area contributed by atoms with Crippen LogP contribution >= 0.6 is 0 Å². The first-order chi connectivity index (χ1) is 9.40. The van der Waals surface area contributed by atoms with Crippen molar-refractivity contribution < 1.29 is 9.53 Å². The van der Waals surface area contributed by atoms with Crippen molar-refractivity contribution in [1.82, 2.24) is 15.6 Å². The molecule has 1 heterocycles. The Morgan fingerprint density at radius 3 is 2.65 bits per heavy atom. The van der Waals surface area contributed by atoms with Crippen LogP contribution in [0.1, 0.15) is 39.8 Å². The standard InChI is InChI=1S/C15H25N3O2/c1-5-8-16-14(19)11-20-13-7-6-12(17-10-13)9-18-15(2,3)4/h6-7,10,18H,5,8-9,11H2,1-4H3,(H,16,19). The van der Waals surface area contributed by atoms with Crippen molar-refractivity contribution in [2.75, 3.05) is 13.2 Å². The molecule has 0 aliphatic heterocycles. The van der Waals surface area contributed by atoms with E-state index in [1.54, 1.807) is 6.20 Å².